The van der Waals surface area contributed by atoms with Crippen molar-refractivity contribution in [2.75, 3.05) is 19.0 Å². The predicted octanol–water partition coefficient (Wildman–Crippen LogP) is 3.65. The molecule has 0 aliphatic rings. The van der Waals surface area contributed by atoms with Crippen molar-refractivity contribution < 1.29 is 0 Å². The third-order valence-corrected chi connectivity index (χ3v) is 3.09. The molecular weight excluding hydrogens is 206 g/mol. The first-order chi connectivity index (χ1) is 8.16. The monoisotopic (exact) mass is 225 g/mol. The van der Waals surface area contributed by atoms with E-state index in [0.717, 1.165) is 6.42 Å². The van der Waals surface area contributed by atoms with Crippen LogP contribution in [0.3, 0.4) is 0 Å². The number of rotatable bonds is 3. The van der Waals surface area contributed by atoms with Crippen LogP contribution in [0.25, 0.3) is 0 Å². The summed E-state index contributed by atoms with van der Waals surface area (Å²) in [5.74, 6) is 0. The number of anilines is 1. The summed E-state index contributed by atoms with van der Waals surface area (Å²) in [4.78, 5) is 2.15. The van der Waals surface area contributed by atoms with Crippen LogP contribution in [0, 0.1) is 6.92 Å². The Bertz CT molecular complexity index is 486. The summed E-state index contributed by atoms with van der Waals surface area (Å²) in [6.07, 6.45) is 1.01. The minimum atomic E-state index is 1.01. The van der Waals surface area contributed by atoms with Gasteiger partial charge in [-0.1, -0.05) is 36.4 Å². The topological polar surface area (TPSA) is 3.24 Å². The van der Waals surface area contributed by atoms with Crippen molar-refractivity contribution in [3.8, 4) is 0 Å². The van der Waals surface area contributed by atoms with Crippen LogP contribution in [0.5, 0.6) is 0 Å². The Morgan fingerprint density at radius 2 is 1.65 bits per heavy atom. The fourth-order valence-electron chi connectivity index (χ4n) is 1.94. The first-order valence-electron chi connectivity index (χ1n) is 5.97. The SMILES string of the molecule is Cc1ccc(N(C)C)cc1Cc1ccccc1. The van der Waals surface area contributed by atoms with Gasteiger partial charge in [-0.2, -0.15) is 0 Å². The molecule has 0 saturated heterocycles. The Kier molecular flexibility index (Phi) is 3.48. The van der Waals surface area contributed by atoms with Crippen LogP contribution in [0.4, 0.5) is 5.69 Å². The van der Waals surface area contributed by atoms with Crippen molar-refractivity contribution in [2.24, 2.45) is 0 Å². The summed E-state index contributed by atoms with van der Waals surface area (Å²) in [5.41, 5.74) is 5.40. The molecule has 0 aliphatic heterocycles. The highest BCUT2D eigenvalue weighted by Gasteiger charge is 2.03. The van der Waals surface area contributed by atoms with Gasteiger partial charge in [0.2, 0.25) is 0 Å². The van der Waals surface area contributed by atoms with Crippen molar-refractivity contribution in [3.05, 3.63) is 65.2 Å². The summed E-state index contributed by atoms with van der Waals surface area (Å²) in [5, 5.41) is 0. The average molecular weight is 225 g/mol. The van der Waals surface area contributed by atoms with Gasteiger partial charge in [0.05, 0.1) is 0 Å². The van der Waals surface area contributed by atoms with Crippen molar-refractivity contribution in [1.82, 2.24) is 0 Å². The molecule has 0 radical (unpaired) electrons. The summed E-state index contributed by atoms with van der Waals surface area (Å²) in [7, 11) is 4.16. The van der Waals surface area contributed by atoms with E-state index in [1.807, 2.05) is 0 Å². The molecule has 0 spiro atoms. The van der Waals surface area contributed by atoms with Gasteiger partial charge in [-0.3, -0.25) is 0 Å². The van der Waals surface area contributed by atoms with E-state index in [9.17, 15) is 0 Å². The highest BCUT2D eigenvalue weighted by molar-refractivity contribution is 5.50. The lowest BCUT2D eigenvalue weighted by Crippen LogP contribution is -2.09. The molecule has 0 unspecified atom stereocenters. The lowest BCUT2D eigenvalue weighted by atomic mass is 10.00. The van der Waals surface area contributed by atoms with Gasteiger partial charge in [-0.25, -0.2) is 0 Å². The van der Waals surface area contributed by atoms with Gasteiger partial charge >= 0.3 is 0 Å². The summed E-state index contributed by atoms with van der Waals surface area (Å²) in [6, 6.07) is 17.3. The van der Waals surface area contributed by atoms with Crippen LogP contribution in [-0.2, 0) is 6.42 Å². The number of aryl methyl sites for hydroxylation is 1. The third kappa shape index (κ3) is 2.88. The molecule has 1 nitrogen and oxygen atoms in total. The molecule has 0 saturated carbocycles. The lowest BCUT2D eigenvalue weighted by molar-refractivity contribution is 1.10. The highest BCUT2D eigenvalue weighted by Crippen LogP contribution is 2.20. The molecule has 0 heterocycles. The first-order valence-corrected chi connectivity index (χ1v) is 5.97. The molecular formula is C16H19N. The van der Waals surface area contributed by atoms with E-state index in [4.69, 9.17) is 0 Å². The van der Waals surface area contributed by atoms with E-state index in [1.54, 1.807) is 0 Å². The molecule has 2 aromatic carbocycles. The summed E-state index contributed by atoms with van der Waals surface area (Å²) >= 11 is 0. The fraction of sp³-hybridized carbons (Fsp3) is 0.250. The first kappa shape index (κ1) is 11.7. The van der Waals surface area contributed by atoms with E-state index in [1.165, 1.54) is 22.4 Å². The quantitative estimate of drug-likeness (QED) is 0.770. The van der Waals surface area contributed by atoms with Crippen molar-refractivity contribution in [1.29, 1.82) is 0 Å². The zero-order valence-corrected chi connectivity index (χ0v) is 10.8. The van der Waals surface area contributed by atoms with E-state index < -0.39 is 0 Å². The highest BCUT2D eigenvalue weighted by atomic mass is 15.1. The van der Waals surface area contributed by atoms with Crippen LogP contribution in [0.1, 0.15) is 16.7 Å². The third-order valence-electron chi connectivity index (χ3n) is 3.09. The standard InChI is InChI=1S/C16H19N/c1-13-9-10-16(17(2)3)12-15(13)11-14-7-5-4-6-8-14/h4-10,12H,11H2,1-3H3. The van der Waals surface area contributed by atoms with Crippen LogP contribution < -0.4 is 4.90 Å². The molecule has 0 aliphatic carbocycles. The van der Waals surface area contributed by atoms with E-state index in [-0.39, 0.29) is 0 Å². The maximum atomic E-state index is 2.28. The second-order valence-electron chi connectivity index (χ2n) is 4.67. The van der Waals surface area contributed by atoms with Crippen LogP contribution in [0.2, 0.25) is 0 Å². The molecule has 0 amide bonds. The van der Waals surface area contributed by atoms with E-state index in [0.29, 0.717) is 0 Å². The van der Waals surface area contributed by atoms with Gasteiger partial charge in [0.1, 0.15) is 0 Å². The van der Waals surface area contributed by atoms with E-state index >= 15 is 0 Å². The van der Waals surface area contributed by atoms with E-state index in [2.05, 4.69) is 74.4 Å². The molecule has 88 valence electrons. The minimum absolute atomic E-state index is 1.01. The zero-order chi connectivity index (χ0) is 12.3. The lowest BCUT2D eigenvalue weighted by Gasteiger charge is -2.15. The minimum Gasteiger partial charge on any atom is -0.378 e. The smallest absolute Gasteiger partial charge is 0.0364 e. The zero-order valence-electron chi connectivity index (χ0n) is 10.8. The van der Waals surface area contributed by atoms with Gasteiger partial charge in [-0.15, -0.1) is 0 Å². The molecule has 2 aromatic rings. The summed E-state index contributed by atoms with van der Waals surface area (Å²) < 4.78 is 0. The molecule has 0 N–H and O–H groups in total. The fourth-order valence-corrected chi connectivity index (χ4v) is 1.94. The predicted molar refractivity (Wildman–Crippen MR) is 74.8 cm³/mol. The Labute approximate surface area is 104 Å². The van der Waals surface area contributed by atoms with Crippen LogP contribution in [0.15, 0.2) is 48.5 Å². The Morgan fingerprint density at radius 3 is 2.29 bits per heavy atom. The molecule has 2 rings (SSSR count). The van der Waals surface area contributed by atoms with Gasteiger partial charge in [0.15, 0.2) is 0 Å². The molecule has 0 atom stereocenters. The van der Waals surface area contributed by atoms with Gasteiger partial charge in [0.25, 0.3) is 0 Å². The Morgan fingerprint density at radius 1 is 0.941 bits per heavy atom. The van der Waals surface area contributed by atoms with Crippen molar-refractivity contribution >= 4 is 5.69 Å². The maximum Gasteiger partial charge on any atom is 0.0364 e. The Hall–Kier alpha value is -1.76. The molecule has 1 heteroatoms. The summed E-state index contributed by atoms with van der Waals surface area (Å²) in [6.45, 7) is 2.18. The van der Waals surface area contributed by atoms with Gasteiger partial charge in [-0.05, 0) is 42.2 Å². The second kappa shape index (κ2) is 5.05. The molecule has 0 bridgehead atoms. The number of hydrogen-bond donors (Lipinski definition) is 0. The molecule has 0 aromatic heterocycles. The number of benzene rings is 2. The van der Waals surface area contributed by atoms with Gasteiger partial charge < -0.3 is 4.90 Å². The molecule has 17 heavy (non-hydrogen) atoms. The van der Waals surface area contributed by atoms with Crippen LogP contribution in [-0.4, -0.2) is 14.1 Å². The normalized spacial score (nSPS) is 10.3. The number of nitrogens with zero attached hydrogens (tertiary/aromatic N) is 1. The number of hydrogen-bond acceptors (Lipinski definition) is 1. The van der Waals surface area contributed by atoms with Gasteiger partial charge in [0, 0.05) is 19.8 Å². The largest absolute Gasteiger partial charge is 0.378 e. The Balaban J connectivity index is 2.29. The average Bonchev–Trinajstić information content (AvgIpc) is 2.33. The maximum absolute atomic E-state index is 2.28. The molecule has 0 fully saturated rings. The van der Waals surface area contributed by atoms with Crippen molar-refractivity contribution in [3.63, 3.8) is 0 Å². The second-order valence-corrected chi connectivity index (χ2v) is 4.67. The van der Waals surface area contributed by atoms with Crippen molar-refractivity contribution in [2.45, 2.75) is 13.3 Å². The van der Waals surface area contributed by atoms with Crippen LogP contribution >= 0.6 is 0 Å².